The van der Waals surface area contributed by atoms with E-state index in [-0.39, 0.29) is 44.4 Å². The minimum atomic E-state index is -1.46. The number of likely N-dealkylation sites (tertiary alicyclic amines) is 1. The molecule has 0 radical (unpaired) electrons. The molecular formula is C31H34ClF3N6O2. The van der Waals surface area contributed by atoms with Crippen molar-refractivity contribution in [3.8, 4) is 12.1 Å². The first-order valence-electron chi connectivity index (χ1n) is 14.7. The second-order valence-corrected chi connectivity index (χ2v) is 12.4. The number of hydrogen-bond acceptors (Lipinski definition) is 7. The van der Waals surface area contributed by atoms with Crippen molar-refractivity contribution in [2.24, 2.45) is 0 Å². The first kappa shape index (κ1) is 29.7. The Kier molecular flexibility index (Phi) is 8.03. The van der Waals surface area contributed by atoms with Gasteiger partial charge in [-0.2, -0.15) is 15.2 Å². The molecule has 1 aromatic heterocycles. The van der Waals surface area contributed by atoms with Crippen molar-refractivity contribution in [2.45, 2.75) is 68.4 Å². The van der Waals surface area contributed by atoms with Gasteiger partial charge in [-0.05, 0) is 56.3 Å². The highest BCUT2D eigenvalue weighted by atomic mass is 35.5. The van der Waals surface area contributed by atoms with Crippen molar-refractivity contribution in [3.63, 3.8) is 0 Å². The van der Waals surface area contributed by atoms with Crippen LogP contribution in [0.2, 0.25) is 5.02 Å². The predicted octanol–water partition coefficient (Wildman–Crippen LogP) is 4.81. The van der Waals surface area contributed by atoms with Gasteiger partial charge in [0.15, 0.2) is 12.0 Å². The first-order chi connectivity index (χ1) is 20.6. The molecule has 228 valence electrons. The maximum Gasteiger partial charge on any atom is 0.318 e. The molecule has 0 unspecified atom stereocenters. The van der Waals surface area contributed by atoms with Crippen molar-refractivity contribution < 1.29 is 22.7 Å². The van der Waals surface area contributed by atoms with E-state index in [0.29, 0.717) is 55.1 Å². The summed E-state index contributed by atoms with van der Waals surface area (Å²) in [7, 11) is 1.83. The molecule has 0 bridgehead atoms. The molecule has 6 rings (SSSR count). The molecule has 2 aromatic rings. The lowest BCUT2D eigenvalue weighted by Gasteiger charge is -2.43. The average Bonchev–Trinajstić information content (AvgIpc) is 3.53. The second-order valence-electron chi connectivity index (χ2n) is 12.0. The lowest BCUT2D eigenvalue weighted by molar-refractivity contribution is -0.131. The molecule has 1 amide bonds. The van der Waals surface area contributed by atoms with Gasteiger partial charge in [0.1, 0.15) is 18.6 Å². The number of carbonyl (C=O) groups is 1. The van der Waals surface area contributed by atoms with Gasteiger partial charge in [0.2, 0.25) is 0 Å². The van der Waals surface area contributed by atoms with Gasteiger partial charge in [-0.1, -0.05) is 30.3 Å². The fraction of sp³-hybridized carbons (Fsp3) is 0.548. The molecule has 2 aliphatic heterocycles. The van der Waals surface area contributed by atoms with Gasteiger partial charge < -0.3 is 14.5 Å². The van der Waals surface area contributed by atoms with Crippen LogP contribution in [0.1, 0.15) is 54.2 Å². The number of ether oxygens (including phenoxy) is 1. The van der Waals surface area contributed by atoms with Crippen molar-refractivity contribution >= 4 is 23.3 Å². The van der Waals surface area contributed by atoms with Gasteiger partial charge >= 0.3 is 6.01 Å². The Morgan fingerprint density at radius 2 is 1.98 bits per heavy atom. The summed E-state index contributed by atoms with van der Waals surface area (Å²) in [5.41, 5.74) is 1.97. The van der Waals surface area contributed by atoms with E-state index < -0.39 is 41.6 Å². The van der Waals surface area contributed by atoms with E-state index in [4.69, 9.17) is 21.3 Å². The van der Waals surface area contributed by atoms with Crippen LogP contribution in [-0.4, -0.2) is 83.8 Å². The average molecular weight is 615 g/mol. The highest BCUT2D eigenvalue weighted by Crippen LogP contribution is 2.56. The number of piperazine rings is 1. The normalized spacial score (nSPS) is 28.5. The minimum Gasteiger partial charge on any atom is -0.462 e. The lowest BCUT2D eigenvalue weighted by atomic mass is 9.68. The minimum absolute atomic E-state index is 0.00831. The Morgan fingerprint density at radius 1 is 1.21 bits per heavy atom. The molecular weight excluding hydrogens is 581 g/mol. The number of benzene rings is 1. The van der Waals surface area contributed by atoms with Crippen LogP contribution in [0.4, 0.5) is 19.0 Å². The molecule has 2 saturated heterocycles. The molecule has 3 heterocycles. The van der Waals surface area contributed by atoms with Crippen LogP contribution < -0.4 is 9.64 Å². The van der Waals surface area contributed by atoms with Crippen LogP contribution in [0.3, 0.4) is 0 Å². The van der Waals surface area contributed by atoms with E-state index >= 15 is 4.39 Å². The smallest absolute Gasteiger partial charge is 0.318 e. The third-order valence-corrected chi connectivity index (χ3v) is 10.1. The number of nitriles is 1. The fourth-order valence-electron chi connectivity index (χ4n) is 7.37. The van der Waals surface area contributed by atoms with Crippen LogP contribution in [0.25, 0.3) is 0 Å². The zero-order valence-electron chi connectivity index (χ0n) is 24.0. The monoisotopic (exact) mass is 614 g/mol. The molecule has 2 fully saturated rings. The fourth-order valence-corrected chi connectivity index (χ4v) is 7.64. The van der Waals surface area contributed by atoms with Gasteiger partial charge in [-0.3, -0.25) is 9.69 Å². The summed E-state index contributed by atoms with van der Waals surface area (Å²) in [6, 6.07) is 6.58. The number of alkyl halides is 2. The van der Waals surface area contributed by atoms with E-state index in [9.17, 15) is 18.8 Å². The summed E-state index contributed by atoms with van der Waals surface area (Å²) < 4.78 is 51.3. The summed E-state index contributed by atoms with van der Waals surface area (Å²) in [6.45, 7) is 4.35. The van der Waals surface area contributed by atoms with Gasteiger partial charge in [0, 0.05) is 42.2 Å². The molecule has 12 heteroatoms. The molecule has 1 spiro atoms. The highest BCUT2D eigenvalue weighted by molar-refractivity contribution is 6.31. The van der Waals surface area contributed by atoms with Gasteiger partial charge in [-0.25, -0.2) is 13.2 Å². The Labute approximate surface area is 254 Å². The van der Waals surface area contributed by atoms with Crippen LogP contribution in [-0.2, 0) is 23.1 Å². The van der Waals surface area contributed by atoms with E-state index in [1.54, 1.807) is 0 Å². The quantitative estimate of drug-likeness (QED) is 0.432. The number of rotatable bonds is 6. The number of nitrogens with zero attached hydrogens (tertiary/aromatic N) is 6. The Morgan fingerprint density at radius 3 is 2.67 bits per heavy atom. The number of anilines is 1. The summed E-state index contributed by atoms with van der Waals surface area (Å²) in [5, 5.41) is 10.1. The van der Waals surface area contributed by atoms with E-state index in [0.717, 1.165) is 11.1 Å². The maximum atomic E-state index is 17.0. The van der Waals surface area contributed by atoms with Gasteiger partial charge in [0.05, 0.1) is 30.3 Å². The van der Waals surface area contributed by atoms with Crippen LogP contribution in [0, 0.1) is 11.3 Å². The molecule has 0 N–H and O–H groups in total. The molecule has 43 heavy (non-hydrogen) atoms. The van der Waals surface area contributed by atoms with Gasteiger partial charge in [-0.15, -0.1) is 0 Å². The molecule has 0 saturated carbocycles. The first-order valence-corrected chi connectivity index (χ1v) is 15.1. The number of carbonyl (C=O) groups excluding carboxylic acids is 1. The Balaban J connectivity index is 1.37. The van der Waals surface area contributed by atoms with Crippen LogP contribution in [0.5, 0.6) is 6.01 Å². The zero-order chi connectivity index (χ0) is 30.5. The number of likely N-dealkylation sites (N-methyl/N-ethyl adjacent to an activating group) is 1. The summed E-state index contributed by atoms with van der Waals surface area (Å²) in [4.78, 5) is 26.9. The number of amides is 1. The summed E-state index contributed by atoms with van der Waals surface area (Å²) in [6.07, 6.45) is 0.163. The molecule has 1 aromatic carbocycles. The topological polar surface area (TPSA) is 85.6 Å². The molecule has 4 aliphatic rings. The number of hydrogen-bond donors (Lipinski definition) is 0. The Bertz CT molecular complexity index is 1480. The maximum absolute atomic E-state index is 17.0. The number of fused-ring (bicyclic) bond motifs is 3. The van der Waals surface area contributed by atoms with Crippen molar-refractivity contribution in [1.29, 1.82) is 5.26 Å². The largest absolute Gasteiger partial charge is 0.462 e. The summed E-state index contributed by atoms with van der Waals surface area (Å²) >= 11 is 6.50. The van der Waals surface area contributed by atoms with E-state index in [2.05, 4.69) is 17.6 Å². The number of halogens is 4. The number of aromatic nitrogens is 2. The zero-order valence-corrected chi connectivity index (χ0v) is 24.8. The SMILES string of the molecule is C=C(F)C(=O)N1CCN(c2nc(OC[C@@H]3[C@@H](F)CCN3C)nc3c2CC[C@@]2(CCc4c(Cl)cccc42)[C@H]3F)C[C@@H]1CC#N. The molecule has 2 aliphatic carbocycles. The standard InChI is InChI=1S/C31H34ClF3N6O2/c1-18(33)29(42)41-15-14-40(16-19(41)8-12-36)28-21-7-11-31(10-6-20-22(31)4-3-5-23(20)32)27(35)26(21)37-30(38-28)43-17-25-24(34)9-13-39(25)2/h3-5,19,24-25,27H,1,6-11,13-17H2,2H3/t19-,24-,25+,27-,31+/m0/s1. The van der Waals surface area contributed by atoms with Crippen molar-refractivity contribution in [3.05, 3.63) is 58.0 Å². The second kappa shape index (κ2) is 11.6. The Hall–Kier alpha value is -3.36. The predicted molar refractivity (Wildman–Crippen MR) is 155 cm³/mol. The van der Waals surface area contributed by atoms with E-state index in [1.165, 1.54) is 4.90 Å². The summed E-state index contributed by atoms with van der Waals surface area (Å²) in [5.74, 6) is -1.47. The third-order valence-electron chi connectivity index (χ3n) is 9.75. The molecule has 5 atom stereocenters. The third kappa shape index (κ3) is 5.12. The lowest BCUT2D eigenvalue weighted by Crippen LogP contribution is -2.55. The van der Waals surface area contributed by atoms with E-state index in [1.807, 2.05) is 35.0 Å². The van der Waals surface area contributed by atoms with Crippen molar-refractivity contribution in [1.82, 2.24) is 19.8 Å². The van der Waals surface area contributed by atoms with Crippen LogP contribution in [0.15, 0.2) is 30.6 Å². The van der Waals surface area contributed by atoms with Gasteiger partial charge in [0.25, 0.3) is 5.91 Å². The highest BCUT2D eigenvalue weighted by Gasteiger charge is 2.51. The van der Waals surface area contributed by atoms with Crippen LogP contribution >= 0.6 is 11.6 Å². The molecule has 8 nitrogen and oxygen atoms in total. The van der Waals surface area contributed by atoms with Crippen molar-refractivity contribution in [2.75, 3.05) is 44.7 Å².